The van der Waals surface area contributed by atoms with E-state index in [1.54, 1.807) is 0 Å². The summed E-state index contributed by atoms with van der Waals surface area (Å²) >= 11 is 5.60. The molecule has 0 fully saturated rings. The molecule has 0 aliphatic heterocycles. The Balaban J connectivity index is 2.56. The fourth-order valence-electron chi connectivity index (χ4n) is 1.52. The van der Waals surface area contributed by atoms with Gasteiger partial charge in [-0.15, -0.1) is 0 Å². The Morgan fingerprint density at radius 1 is 0.842 bits per heavy atom. The van der Waals surface area contributed by atoms with Crippen molar-refractivity contribution in [1.82, 2.24) is 0 Å². The van der Waals surface area contributed by atoms with E-state index in [2.05, 4.69) is 0 Å². The molecule has 0 bridgehead atoms. The predicted octanol–water partition coefficient (Wildman–Crippen LogP) is 4.13. The molecule has 0 aromatic heterocycles. The van der Waals surface area contributed by atoms with E-state index < -0.39 is 40.2 Å². The molecule has 6 heteroatoms. The van der Waals surface area contributed by atoms with Crippen LogP contribution in [0.4, 0.5) is 17.6 Å². The maximum absolute atomic E-state index is 13.4. The lowest BCUT2D eigenvalue weighted by atomic mass is 10.0. The number of benzene rings is 2. The average molecular weight is 289 g/mol. The zero-order chi connectivity index (χ0) is 14.2. The minimum Gasteiger partial charge on any atom is -0.288 e. The summed E-state index contributed by atoms with van der Waals surface area (Å²) < 4.78 is 52.7. The zero-order valence-corrected chi connectivity index (χ0v) is 9.94. The lowest BCUT2D eigenvalue weighted by Gasteiger charge is -2.05. The van der Waals surface area contributed by atoms with Gasteiger partial charge in [-0.2, -0.15) is 0 Å². The minimum absolute atomic E-state index is 0.0627. The van der Waals surface area contributed by atoms with Crippen LogP contribution in [0.5, 0.6) is 0 Å². The van der Waals surface area contributed by atoms with Gasteiger partial charge in [0.05, 0.1) is 11.1 Å². The van der Waals surface area contributed by atoms with Gasteiger partial charge in [-0.05, 0) is 30.3 Å². The van der Waals surface area contributed by atoms with Crippen molar-refractivity contribution in [3.8, 4) is 0 Å². The summed E-state index contributed by atoms with van der Waals surface area (Å²) in [6.07, 6.45) is 0. The number of hydrogen-bond donors (Lipinski definition) is 0. The monoisotopic (exact) mass is 288 g/mol. The van der Waals surface area contributed by atoms with Crippen LogP contribution < -0.4 is 0 Å². The van der Waals surface area contributed by atoms with Crippen molar-refractivity contribution in [2.45, 2.75) is 0 Å². The molecule has 0 atom stereocenters. The molecule has 2 aromatic rings. The van der Waals surface area contributed by atoms with Gasteiger partial charge in [0, 0.05) is 5.02 Å². The highest BCUT2D eigenvalue weighted by Crippen LogP contribution is 2.22. The lowest BCUT2D eigenvalue weighted by Crippen LogP contribution is -2.09. The number of halogens is 5. The Labute approximate surface area is 110 Å². The van der Waals surface area contributed by atoms with Crippen molar-refractivity contribution in [2.24, 2.45) is 0 Å². The molecule has 0 saturated heterocycles. The van der Waals surface area contributed by atoms with E-state index in [0.717, 1.165) is 18.2 Å². The largest absolute Gasteiger partial charge is 0.288 e. The molecule has 98 valence electrons. The number of carbonyl (C=O) groups is 1. The molecule has 0 N–H and O–H groups in total. The predicted molar refractivity (Wildman–Crippen MR) is 61.2 cm³/mol. The molecule has 19 heavy (non-hydrogen) atoms. The molecule has 0 amide bonds. The first kappa shape index (κ1) is 13.5. The third-order valence-electron chi connectivity index (χ3n) is 2.45. The summed E-state index contributed by atoms with van der Waals surface area (Å²) in [7, 11) is 0. The molecule has 1 nitrogen and oxygen atoms in total. The SMILES string of the molecule is O=C(c1cc(Cl)ccc1F)c1ccc(F)c(F)c1F. The lowest BCUT2D eigenvalue weighted by molar-refractivity contribution is 0.103. The summed E-state index contributed by atoms with van der Waals surface area (Å²) in [4.78, 5) is 11.9. The van der Waals surface area contributed by atoms with Crippen molar-refractivity contribution in [1.29, 1.82) is 0 Å². The van der Waals surface area contributed by atoms with E-state index in [4.69, 9.17) is 11.6 Å². The van der Waals surface area contributed by atoms with Crippen molar-refractivity contribution >= 4 is 17.4 Å². The quantitative estimate of drug-likeness (QED) is 0.461. The maximum atomic E-state index is 13.4. The zero-order valence-electron chi connectivity index (χ0n) is 9.18. The molecule has 2 rings (SSSR count). The fourth-order valence-corrected chi connectivity index (χ4v) is 1.69. The molecule has 0 heterocycles. The van der Waals surface area contributed by atoms with Crippen LogP contribution in [0.25, 0.3) is 0 Å². The molecule has 0 aliphatic rings. The Morgan fingerprint density at radius 2 is 1.47 bits per heavy atom. The van der Waals surface area contributed by atoms with Crippen LogP contribution in [0.1, 0.15) is 15.9 Å². The molecular weight excluding hydrogens is 284 g/mol. The molecule has 0 saturated carbocycles. The second-order valence-corrected chi connectivity index (χ2v) is 4.11. The van der Waals surface area contributed by atoms with Crippen LogP contribution in [0.3, 0.4) is 0 Å². The third kappa shape index (κ3) is 2.46. The van der Waals surface area contributed by atoms with E-state index in [-0.39, 0.29) is 5.02 Å². The smallest absolute Gasteiger partial charge is 0.199 e. The van der Waals surface area contributed by atoms with Crippen molar-refractivity contribution in [3.05, 3.63) is 69.8 Å². The summed E-state index contributed by atoms with van der Waals surface area (Å²) in [6, 6.07) is 4.45. The van der Waals surface area contributed by atoms with Gasteiger partial charge in [0.25, 0.3) is 0 Å². The highest BCUT2D eigenvalue weighted by molar-refractivity contribution is 6.31. The number of hydrogen-bond acceptors (Lipinski definition) is 1. The second-order valence-electron chi connectivity index (χ2n) is 3.68. The summed E-state index contributed by atoms with van der Waals surface area (Å²) in [6.45, 7) is 0. The van der Waals surface area contributed by atoms with Gasteiger partial charge in [-0.1, -0.05) is 11.6 Å². The standard InChI is InChI=1S/C13H5ClF4O/c14-6-1-3-9(15)8(5-6)13(19)7-2-4-10(16)12(18)11(7)17/h1-5H. The van der Waals surface area contributed by atoms with Crippen LogP contribution in [-0.4, -0.2) is 5.78 Å². The van der Waals surface area contributed by atoms with Crippen molar-refractivity contribution in [3.63, 3.8) is 0 Å². The van der Waals surface area contributed by atoms with Crippen molar-refractivity contribution < 1.29 is 22.4 Å². The average Bonchev–Trinajstić information content (AvgIpc) is 2.38. The van der Waals surface area contributed by atoms with Gasteiger partial charge in [-0.3, -0.25) is 4.79 Å². The molecule has 0 radical (unpaired) electrons. The summed E-state index contributed by atoms with van der Waals surface area (Å²) in [5.74, 6) is -6.92. The van der Waals surface area contributed by atoms with E-state index >= 15 is 0 Å². The Morgan fingerprint density at radius 3 is 2.16 bits per heavy atom. The summed E-state index contributed by atoms with van der Waals surface area (Å²) in [5, 5.41) is 0.0627. The first-order valence-corrected chi connectivity index (χ1v) is 5.43. The highest BCUT2D eigenvalue weighted by atomic mass is 35.5. The highest BCUT2D eigenvalue weighted by Gasteiger charge is 2.22. The van der Waals surface area contributed by atoms with E-state index in [0.29, 0.717) is 6.07 Å². The summed E-state index contributed by atoms with van der Waals surface area (Å²) in [5.41, 5.74) is -1.28. The van der Waals surface area contributed by atoms with Crippen LogP contribution in [0.2, 0.25) is 5.02 Å². The molecule has 0 unspecified atom stereocenters. The minimum atomic E-state index is -1.78. The molecule has 0 spiro atoms. The Hall–Kier alpha value is -1.88. The third-order valence-corrected chi connectivity index (χ3v) is 2.69. The van der Waals surface area contributed by atoms with Gasteiger partial charge < -0.3 is 0 Å². The molecule has 2 aromatic carbocycles. The number of ketones is 1. The fraction of sp³-hybridized carbons (Fsp3) is 0. The van der Waals surface area contributed by atoms with Crippen LogP contribution in [0.15, 0.2) is 30.3 Å². The molecule has 0 aliphatic carbocycles. The van der Waals surface area contributed by atoms with Crippen LogP contribution >= 0.6 is 11.6 Å². The Bertz CT molecular complexity index is 670. The van der Waals surface area contributed by atoms with Crippen molar-refractivity contribution in [2.75, 3.05) is 0 Å². The first-order valence-electron chi connectivity index (χ1n) is 5.05. The molecular formula is C13H5ClF4O. The van der Waals surface area contributed by atoms with Crippen LogP contribution in [0, 0.1) is 23.3 Å². The van der Waals surface area contributed by atoms with Crippen LogP contribution in [-0.2, 0) is 0 Å². The second kappa shape index (κ2) is 5.01. The normalized spacial score (nSPS) is 10.6. The van der Waals surface area contributed by atoms with E-state index in [9.17, 15) is 22.4 Å². The van der Waals surface area contributed by atoms with Gasteiger partial charge >= 0.3 is 0 Å². The van der Waals surface area contributed by atoms with Gasteiger partial charge in [0.2, 0.25) is 0 Å². The first-order chi connectivity index (χ1) is 8.91. The van der Waals surface area contributed by atoms with Gasteiger partial charge in [-0.25, -0.2) is 17.6 Å². The van der Waals surface area contributed by atoms with Gasteiger partial charge in [0.1, 0.15) is 5.82 Å². The number of rotatable bonds is 2. The maximum Gasteiger partial charge on any atom is 0.199 e. The topological polar surface area (TPSA) is 17.1 Å². The number of carbonyl (C=O) groups excluding carboxylic acids is 1. The van der Waals surface area contributed by atoms with E-state index in [1.807, 2.05) is 0 Å². The van der Waals surface area contributed by atoms with E-state index in [1.165, 1.54) is 6.07 Å². The van der Waals surface area contributed by atoms with Gasteiger partial charge in [0.15, 0.2) is 23.2 Å². The Kier molecular flexibility index (Phi) is 3.57.